The van der Waals surface area contributed by atoms with E-state index in [-0.39, 0.29) is 16.3 Å². The molecule has 3 heterocycles. The van der Waals surface area contributed by atoms with Gasteiger partial charge in [-0.05, 0) is 66.1 Å². The molecule has 4 aromatic rings. The number of nitrogens with zero attached hydrogens (tertiary/aromatic N) is 6. The molecule has 1 aliphatic heterocycles. The molecule has 1 atom stereocenters. The molecule has 0 spiro atoms. The van der Waals surface area contributed by atoms with Crippen LogP contribution in [0.2, 0.25) is 0 Å². The molecule has 206 valence electrons. The lowest BCUT2D eigenvalue weighted by Gasteiger charge is -2.31. The zero-order chi connectivity index (χ0) is 27.9. The fourth-order valence-corrected chi connectivity index (χ4v) is 5.52. The largest absolute Gasteiger partial charge is 0.418 e. The minimum absolute atomic E-state index is 0.0314. The fraction of sp³-hybridized carbons (Fsp3) is 0.448. The minimum Gasteiger partial charge on any atom is -0.321 e. The monoisotopic (exact) mass is 538 g/mol. The summed E-state index contributed by atoms with van der Waals surface area (Å²) in [6.07, 6.45) is 0.964. The van der Waals surface area contributed by atoms with Crippen LogP contribution in [-0.2, 0) is 31.6 Å². The van der Waals surface area contributed by atoms with E-state index in [4.69, 9.17) is 0 Å². The third-order valence-electron chi connectivity index (χ3n) is 7.68. The van der Waals surface area contributed by atoms with Crippen molar-refractivity contribution >= 4 is 10.9 Å². The molecule has 0 N–H and O–H groups in total. The van der Waals surface area contributed by atoms with Gasteiger partial charge in [0.2, 0.25) is 0 Å². The number of hydrogen-bond donors (Lipinski definition) is 0. The summed E-state index contributed by atoms with van der Waals surface area (Å²) < 4.78 is 45.5. The van der Waals surface area contributed by atoms with E-state index in [1.807, 2.05) is 29.8 Å². The van der Waals surface area contributed by atoms with Crippen molar-refractivity contribution in [3.05, 3.63) is 81.9 Å². The molecule has 7 nitrogen and oxygen atoms in total. The van der Waals surface area contributed by atoms with E-state index < -0.39 is 17.3 Å². The van der Waals surface area contributed by atoms with E-state index >= 15 is 0 Å². The Morgan fingerprint density at radius 2 is 1.90 bits per heavy atom. The highest BCUT2D eigenvalue weighted by atomic mass is 19.4. The summed E-state index contributed by atoms with van der Waals surface area (Å²) in [6.45, 7) is 8.32. The van der Waals surface area contributed by atoms with Gasteiger partial charge < -0.3 is 4.57 Å². The first-order chi connectivity index (χ1) is 18.4. The third kappa shape index (κ3) is 5.61. The number of likely N-dealkylation sites (tertiary alicyclic amines) is 1. The van der Waals surface area contributed by atoms with Gasteiger partial charge in [-0.1, -0.05) is 32.9 Å². The molecular formula is C29H33F3N6O. The van der Waals surface area contributed by atoms with Gasteiger partial charge in [-0.25, -0.2) is 4.98 Å². The van der Waals surface area contributed by atoms with E-state index in [0.29, 0.717) is 30.1 Å². The number of aryl methyl sites for hydroxylation is 1. The van der Waals surface area contributed by atoms with Crippen LogP contribution < -0.4 is 5.56 Å². The first kappa shape index (κ1) is 27.1. The Labute approximate surface area is 225 Å². The maximum Gasteiger partial charge on any atom is 0.418 e. The summed E-state index contributed by atoms with van der Waals surface area (Å²) in [4.78, 5) is 20.0. The average Bonchev–Trinajstić information content (AvgIpc) is 3.27. The van der Waals surface area contributed by atoms with Gasteiger partial charge in [-0.3, -0.25) is 14.3 Å². The number of aromatic nitrogens is 5. The molecule has 0 saturated carbocycles. The number of halogens is 3. The van der Waals surface area contributed by atoms with Crippen LogP contribution in [0.25, 0.3) is 16.6 Å². The molecule has 2 aromatic heterocycles. The maximum atomic E-state index is 14.1. The number of fused-ring (bicyclic) bond motifs is 1. The molecule has 5 rings (SSSR count). The second-order valence-corrected chi connectivity index (χ2v) is 11.4. The van der Waals surface area contributed by atoms with Crippen LogP contribution in [-0.4, -0.2) is 42.3 Å². The first-order valence-electron chi connectivity index (χ1n) is 13.2. The summed E-state index contributed by atoms with van der Waals surface area (Å²) in [7, 11) is 1.89. The lowest BCUT2D eigenvalue weighted by atomic mass is 9.81. The molecule has 39 heavy (non-hydrogen) atoms. The maximum absolute atomic E-state index is 14.1. The van der Waals surface area contributed by atoms with Gasteiger partial charge >= 0.3 is 6.18 Å². The van der Waals surface area contributed by atoms with Crippen LogP contribution >= 0.6 is 0 Å². The minimum atomic E-state index is -4.63. The Morgan fingerprint density at radius 1 is 1.10 bits per heavy atom. The first-order valence-corrected chi connectivity index (χ1v) is 13.2. The molecule has 1 aliphatic rings. The van der Waals surface area contributed by atoms with Crippen LogP contribution in [0.4, 0.5) is 13.2 Å². The molecule has 0 amide bonds. The fourth-order valence-electron chi connectivity index (χ4n) is 5.52. The van der Waals surface area contributed by atoms with Gasteiger partial charge in [0.15, 0.2) is 0 Å². The molecule has 1 saturated heterocycles. The van der Waals surface area contributed by atoms with Crippen LogP contribution in [0, 0.1) is 5.92 Å². The van der Waals surface area contributed by atoms with E-state index in [1.54, 1.807) is 18.5 Å². The van der Waals surface area contributed by atoms with Gasteiger partial charge in [0.1, 0.15) is 18.5 Å². The lowest BCUT2D eigenvalue weighted by Crippen LogP contribution is -2.33. The van der Waals surface area contributed by atoms with Crippen molar-refractivity contribution < 1.29 is 13.2 Å². The second kappa shape index (κ2) is 10.2. The topological polar surface area (TPSA) is 68.8 Å². The predicted octanol–water partition coefficient (Wildman–Crippen LogP) is 5.29. The molecule has 0 unspecified atom stereocenters. The lowest BCUT2D eigenvalue weighted by molar-refractivity contribution is -0.136. The molecule has 10 heteroatoms. The van der Waals surface area contributed by atoms with Gasteiger partial charge in [0.25, 0.3) is 5.56 Å². The Morgan fingerprint density at radius 3 is 2.59 bits per heavy atom. The number of hydrogen-bond acceptors (Lipinski definition) is 5. The smallest absolute Gasteiger partial charge is 0.321 e. The highest BCUT2D eigenvalue weighted by Crippen LogP contribution is 2.35. The summed E-state index contributed by atoms with van der Waals surface area (Å²) in [5.41, 5.74) is -0.0870. The average molecular weight is 539 g/mol. The van der Waals surface area contributed by atoms with Crippen LogP contribution in [0.5, 0.6) is 0 Å². The van der Waals surface area contributed by atoms with E-state index in [1.165, 1.54) is 10.9 Å². The summed E-state index contributed by atoms with van der Waals surface area (Å²) >= 11 is 0. The second-order valence-electron chi connectivity index (χ2n) is 11.4. The van der Waals surface area contributed by atoms with Crippen LogP contribution in [0.3, 0.4) is 0 Å². The van der Waals surface area contributed by atoms with E-state index in [2.05, 4.69) is 40.9 Å². The van der Waals surface area contributed by atoms with Crippen LogP contribution in [0.1, 0.15) is 56.1 Å². The molecular weight excluding hydrogens is 505 g/mol. The Hall–Kier alpha value is -3.53. The van der Waals surface area contributed by atoms with E-state index in [0.717, 1.165) is 43.4 Å². The molecule has 1 fully saturated rings. The molecule has 0 aliphatic carbocycles. The van der Waals surface area contributed by atoms with Crippen molar-refractivity contribution in [3.63, 3.8) is 0 Å². The number of piperidine rings is 1. The number of benzene rings is 2. The van der Waals surface area contributed by atoms with Gasteiger partial charge in [-0.2, -0.15) is 13.2 Å². The molecule has 0 bridgehead atoms. The zero-order valence-corrected chi connectivity index (χ0v) is 22.7. The van der Waals surface area contributed by atoms with E-state index in [9.17, 15) is 18.0 Å². The number of rotatable bonds is 6. The van der Waals surface area contributed by atoms with Crippen molar-refractivity contribution in [3.8, 4) is 5.69 Å². The standard InChI is InChI=1S/C29H33F3N6O/c1-19-7-6-10-37(15-19)16-20-11-23-26(24(12-20)29(30,31)32)33-17-38(27(23)39)22-9-5-8-21(13-22)28(2,3)14-25-35-34-18-36(25)4/h5,8-9,11-13,17-19H,6-7,10,14-16H2,1-4H3/t19-/m0/s1. The van der Waals surface area contributed by atoms with Crippen molar-refractivity contribution in [1.82, 2.24) is 29.2 Å². The van der Waals surface area contributed by atoms with Crippen molar-refractivity contribution in [2.45, 2.75) is 58.2 Å². The SMILES string of the molecule is C[C@H]1CCCN(Cc2cc(C(F)(F)F)c3ncn(-c4cccc(C(C)(C)Cc5nncn5C)c4)c(=O)c3c2)C1. The Kier molecular flexibility index (Phi) is 7.09. The molecule has 2 aromatic carbocycles. The third-order valence-corrected chi connectivity index (χ3v) is 7.68. The van der Waals surface area contributed by atoms with Gasteiger partial charge in [0, 0.05) is 26.6 Å². The summed E-state index contributed by atoms with van der Waals surface area (Å²) in [5.74, 6) is 1.32. The van der Waals surface area contributed by atoms with Gasteiger partial charge in [0.05, 0.1) is 22.2 Å². The number of alkyl halides is 3. The highest BCUT2D eigenvalue weighted by molar-refractivity contribution is 5.82. The Bertz CT molecular complexity index is 1550. The highest BCUT2D eigenvalue weighted by Gasteiger charge is 2.35. The van der Waals surface area contributed by atoms with Gasteiger partial charge in [-0.15, -0.1) is 10.2 Å². The van der Waals surface area contributed by atoms with Crippen molar-refractivity contribution in [1.29, 1.82) is 0 Å². The summed E-state index contributed by atoms with van der Waals surface area (Å²) in [6, 6.07) is 10.2. The van der Waals surface area contributed by atoms with Crippen molar-refractivity contribution in [2.75, 3.05) is 13.1 Å². The summed E-state index contributed by atoms with van der Waals surface area (Å²) in [5, 5.41) is 8.11. The normalized spacial score (nSPS) is 17.2. The zero-order valence-electron chi connectivity index (χ0n) is 22.7. The Balaban J connectivity index is 1.56. The predicted molar refractivity (Wildman–Crippen MR) is 144 cm³/mol. The van der Waals surface area contributed by atoms with Crippen molar-refractivity contribution in [2.24, 2.45) is 13.0 Å². The van der Waals surface area contributed by atoms with Crippen LogP contribution in [0.15, 0.2) is 53.8 Å². The molecule has 0 radical (unpaired) electrons. The quantitative estimate of drug-likeness (QED) is 0.334.